The van der Waals surface area contributed by atoms with Crippen LogP contribution in [0.15, 0.2) is 11.4 Å². The highest BCUT2D eigenvalue weighted by atomic mass is 35.5. The van der Waals surface area contributed by atoms with Crippen LogP contribution in [0, 0.1) is 0 Å². The lowest BCUT2D eigenvalue weighted by atomic mass is 10.1. The van der Waals surface area contributed by atoms with Gasteiger partial charge in [0, 0.05) is 30.8 Å². The second-order valence-corrected chi connectivity index (χ2v) is 8.31. The number of amides is 1. The second-order valence-electron chi connectivity index (χ2n) is 5.39. The quantitative estimate of drug-likeness (QED) is 0.752. The molecule has 2 rings (SSSR count). The number of hydrogen-bond acceptors (Lipinski definition) is 6. The number of Topliss-reactive ketones (excluding diaryl/α,β-unsaturated/α-hetero) is 1. The average Bonchev–Trinajstić information content (AvgIpc) is 3.13. The number of thioether (sulfide) groups is 1. The van der Waals surface area contributed by atoms with Crippen LogP contribution >= 0.6 is 34.7 Å². The maximum Gasteiger partial charge on any atom is 0.326 e. The molecule has 1 aromatic heterocycles. The van der Waals surface area contributed by atoms with E-state index in [0.29, 0.717) is 29.3 Å². The first-order valence-corrected chi connectivity index (χ1v) is 9.41. The largest absolute Gasteiger partial charge is 0.480 e. The van der Waals surface area contributed by atoms with Crippen LogP contribution in [0.2, 0.25) is 4.34 Å². The molecular formula is C15H16ClNO5S2. The molecule has 1 aliphatic heterocycles. The fourth-order valence-corrected chi connectivity index (χ4v) is 4.35. The summed E-state index contributed by atoms with van der Waals surface area (Å²) in [5.74, 6) is -1.82. The van der Waals surface area contributed by atoms with E-state index in [4.69, 9.17) is 16.7 Å². The molecule has 0 radical (unpaired) electrons. The minimum Gasteiger partial charge on any atom is -0.480 e. The predicted octanol–water partition coefficient (Wildman–Crippen LogP) is 2.70. The van der Waals surface area contributed by atoms with Crippen molar-refractivity contribution >= 4 is 57.5 Å². The molecule has 2 heterocycles. The molecule has 1 aromatic rings. The summed E-state index contributed by atoms with van der Waals surface area (Å²) >= 11 is 7.81. The summed E-state index contributed by atoms with van der Waals surface area (Å²) in [5, 5.41) is 9.59. The molecule has 24 heavy (non-hydrogen) atoms. The van der Waals surface area contributed by atoms with E-state index in [1.807, 2.05) is 0 Å². The first-order valence-electron chi connectivity index (χ1n) is 7.27. The molecule has 1 unspecified atom stereocenters. The van der Waals surface area contributed by atoms with Crippen molar-refractivity contribution in [2.24, 2.45) is 0 Å². The Morgan fingerprint density at radius 2 is 2.17 bits per heavy atom. The van der Waals surface area contributed by atoms with E-state index in [1.54, 1.807) is 5.38 Å². The summed E-state index contributed by atoms with van der Waals surface area (Å²) in [6.45, 7) is 1.68. The number of thiophene rings is 1. The van der Waals surface area contributed by atoms with Gasteiger partial charge in [0.1, 0.15) is 6.04 Å². The van der Waals surface area contributed by atoms with Crippen LogP contribution in [0.5, 0.6) is 0 Å². The van der Waals surface area contributed by atoms with E-state index < -0.39 is 23.2 Å². The molecule has 1 fully saturated rings. The van der Waals surface area contributed by atoms with Crippen molar-refractivity contribution in [3.63, 3.8) is 0 Å². The highest BCUT2D eigenvalue weighted by Gasteiger charge is 2.36. The zero-order valence-electron chi connectivity index (χ0n) is 12.9. The van der Waals surface area contributed by atoms with Gasteiger partial charge in [0.2, 0.25) is 5.91 Å². The Hall–Kier alpha value is -1.38. The number of carbonyl (C=O) groups excluding carboxylic acids is 3. The first kappa shape index (κ1) is 19.0. The fourth-order valence-electron chi connectivity index (χ4n) is 2.61. The van der Waals surface area contributed by atoms with Crippen molar-refractivity contribution in [2.75, 3.05) is 6.54 Å². The lowest BCUT2D eigenvalue weighted by molar-refractivity contribution is -0.148. The summed E-state index contributed by atoms with van der Waals surface area (Å²) in [4.78, 5) is 48.9. The number of ketones is 1. The van der Waals surface area contributed by atoms with Gasteiger partial charge >= 0.3 is 5.97 Å². The lowest BCUT2D eigenvalue weighted by Gasteiger charge is -2.23. The van der Waals surface area contributed by atoms with Crippen LogP contribution in [0.25, 0.3) is 0 Å². The van der Waals surface area contributed by atoms with Crippen molar-refractivity contribution in [2.45, 2.75) is 37.5 Å². The number of carbonyl (C=O) groups is 4. The number of carboxylic acid groups (broad SMARTS) is 1. The van der Waals surface area contributed by atoms with Crippen molar-refractivity contribution in [3.8, 4) is 0 Å². The van der Waals surface area contributed by atoms with Gasteiger partial charge < -0.3 is 10.0 Å². The van der Waals surface area contributed by atoms with Gasteiger partial charge in [0.05, 0.1) is 9.59 Å². The molecule has 130 valence electrons. The third kappa shape index (κ3) is 4.58. The van der Waals surface area contributed by atoms with Gasteiger partial charge in [0.25, 0.3) is 0 Å². The molecule has 6 nitrogen and oxygen atoms in total. The van der Waals surface area contributed by atoms with Crippen LogP contribution in [-0.4, -0.2) is 50.6 Å². The average molecular weight is 390 g/mol. The fraction of sp³-hybridized carbons (Fsp3) is 0.467. The summed E-state index contributed by atoms with van der Waals surface area (Å²) < 4.78 is 0.446. The maximum absolute atomic E-state index is 12.5. The third-order valence-electron chi connectivity index (χ3n) is 3.67. The molecular weight excluding hydrogens is 374 g/mol. The van der Waals surface area contributed by atoms with Crippen molar-refractivity contribution in [3.05, 3.63) is 21.3 Å². The van der Waals surface area contributed by atoms with Crippen LogP contribution in [-0.2, 0) is 14.4 Å². The minimum atomic E-state index is -1.05. The number of rotatable bonds is 6. The number of aliphatic carboxylic acids is 1. The lowest BCUT2D eigenvalue weighted by Crippen LogP contribution is -2.42. The number of carboxylic acids is 1. The molecule has 1 amide bonds. The highest BCUT2D eigenvalue weighted by molar-refractivity contribution is 8.14. The third-order valence-corrected chi connectivity index (χ3v) is 5.76. The minimum absolute atomic E-state index is 0.208. The topological polar surface area (TPSA) is 91.8 Å². The van der Waals surface area contributed by atoms with Gasteiger partial charge in [-0.2, -0.15) is 0 Å². The van der Waals surface area contributed by atoms with Gasteiger partial charge in [-0.05, 0) is 18.9 Å². The van der Waals surface area contributed by atoms with Gasteiger partial charge in [-0.1, -0.05) is 23.4 Å². The zero-order chi connectivity index (χ0) is 17.9. The van der Waals surface area contributed by atoms with E-state index in [2.05, 4.69) is 0 Å². The van der Waals surface area contributed by atoms with E-state index in [9.17, 15) is 19.2 Å². The van der Waals surface area contributed by atoms with Gasteiger partial charge in [0.15, 0.2) is 10.9 Å². The molecule has 0 aliphatic carbocycles. The molecule has 0 spiro atoms. The normalized spacial score (nSPS) is 18.4. The standard InChI is InChI=1S/C15H16ClNO5S2/c1-8(18)24-11(14(20)9-5-12(16)23-7-9)6-13(19)17-4-2-3-10(17)15(21)22/h5,7,10-11H,2-4,6H2,1H3,(H,21,22)/t10-,11?/m0/s1. The van der Waals surface area contributed by atoms with Crippen LogP contribution in [0.1, 0.15) is 36.5 Å². The molecule has 2 atom stereocenters. The Bertz CT molecular complexity index is 675. The summed E-state index contributed by atoms with van der Waals surface area (Å²) in [6, 6.07) is 0.647. The number of likely N-dealkylation sites (tertiary alicyclic amines) is 1. The molecule has 0 saturated carbocycles. The number of nitrogens with zero attached hydrogens (tertiary/aromatic N) is 1. The van der Waals surface area contributed by atoms with Crippen molar-refractivity contribution < 1.29 is 24.3 Å². The molecule has 0 bridgehead atoms. The monoisotopic (exact) mass is 389 g/mol. The van der Waals surface area contributed by atoms with Crippen LogP contribution < -0.4 is 0 Å². The van der Waals surface area contributed by atoms with Crippen molar-refractivity contribution in [1.29, 1.82) is 0 Å². The zero-order valence-corrected chi connectivity index (χ0v) is 15.2. The first-order chi connectivity index (χ1) is 11.3. The van der Waals surface area contributed by atoms with Crippen LogP contribution in [0.3, 0.4) is 0 Å². The molecule has 9 heteroatoms. The van der Waals surface area contributed by atoms with Gasteiger partial charge in [-0.25, -0.2) is 4.79 Å². The molecule has 1 N–H and O–H groups in total. The smallest absolute Gasteiger partial charge is 0.326 e. The maximum atomic E-state index is 12.5. The number of hydrogen-bond donors (Lipinski definition) is 1. The summed E-state index contributed by atoms with van der Waals surface area (Å²) in [5.41, 5.74) is 0.354. The Morgan fingerprint density at radius 1 is 1.46 bits per heavy atom. The molecule has 0 aromatic carbocycles. The second kappa shape index (κ2) is 8.13. The molecule has 1 aliphatic rings. The van der Waals surface area contributed by atoms with Gasteiger partial charge in [-0.15, -0.1) is 11.3 Å². The van der Waals surface area contributed by atoms with Crippen LogP contribution in [0.4, 0.5) is 0 Å². The van der Waals surface area contributed by atoms with E-state index in [1.165, 1.54) is 29.2 Å². The highest BCUT2D eigenvalue weighted by Crippen LogP contribution is 2.28. The van der Waals surface area contributed by atoms with E-state index in [0.717, 1.165) is 11.8 Å². The Kier molecular flexibility index (Phi) is 6.42. The molecule has 1 saturated heterocycles. The van der Waals surface area contributed by atoms with E-state index >= 15 is 0 Å². The predicted molar refractivity (Wildman–Crippen MR) is 92.7 cm³/mol. The van der Waals surface area contributed by atoms with Gasteiger partial charge in [-0.3, -0.25) is 14.4 Å². The summed E-state index contributed by atoms with van der Waals surface area (Å²) in [7, 11) is 0. The Labute approximate surface area is 152 Å². The SMILES string of the molecule is CC(=O)SC(CC(=O)N1CCC[C@H]1C(=O)O)C(=O)c1csc(Cl)c1. The Balaban J connectivity index is 2.13. The number of halogens is 1. The van der Waals surface area contributed by atoms with E-state index in [-0.39, 0.29) is 17.3 Å². The van der Waals surface area contributed by atoms with Crippen molar-refractivity contribution in [1.82, 2.24) is 4.90 Å². The summed E-state index contributed by atoms with van der Waals surface area (Å²) in [6.07, 6.45) is 0.807. The Morgan fingerprint density at radius 3 is 2.71 bits per heavy atom.